The summed E-state index contributed by atoms with van der Waals surface area (Å²) in [7, 11) is -3.54. The molecule has 0 saturated carbocycles. The predicted molar refractivity (Wildman–Crippen MR) is 72.5 cm³/mol. The smallest absolute Gasteiger partial charge is 0.285 e. The van der Waals surface area contributed by atoms with Crippen molar-refractivity contribution in [2.75, 3.05) is 17.2 Å². The largest absolute Gasteiger partial charge is 0.326 e. The van der Waals surface area contributed by atoms with Crippen LogP contribution in [0.15, 0.2) is 45.7 Å². The summed E-state index contributed by atoms with van der Waals surface area (Å²) in [6.07, 6.45) is 1.33. The van der Waals surface area contributed by atoms with Gasteiger partial charge in [0.15, 0.2) is 0 Å². The molecule has 0 radical (unpaired) electrons. The van der Waals surface area contributed by atoms with Crippen LogP contribution in [0.1, 0.15) is 0 Å². The minimum Gasteiger partial charge on any atom is -0.326 e. The molecule has 0 saturated heterocycles. The first kappa shape index (κ1) is 12.2. The summed E-state index contributed by atoms with van der Waals surface area (Å²) in [6, 6.07) is 6.79. The third-order valence-corrected chi connectivity index (χ3v) is 4.12. The Hall–Kier alpha value is -1.27. The number of hydrogen-bond donors (Lipinski definition) is 1. The van der Waals surface area contributed by atoms with Crippen LogP contribution in [0, 0.1) is 0 Å². The third kappa shape index (κ3) is 2.37. The van der Waals surface area contributed by atoms with E-state index in [4.69, 9.17) is 0 Å². The van der Waals surface area contributed by atoms with Crippen molar-refractivity contribution in [3.8, 4) is 0 Å². The van der Waals surface area contributed by atoms with Gasteiger partial charge in [-0.3, -0.25) is 0 Å². The van der Waals surface area contributed by atoms with Gasteiger partial charge in [-0.2, -0.15) is 21.0 Å². The lowest BCUT2D eigenvalue weighted by Crippen LogP contribution is -2.29. The van der Waals surface area contributed by atoms with Gasteiger partial charge in [0, 0.05) is 12.3 Å². The van der Waals surface area contributed by atoms with Crippen molar-refractivity contribution in [2.45, 2.75) is 4.90 Å². The van der Waals surface area contributed by atoms with Gasteiger partial charge in [0.25, 0.3) is 10.0 Å². The molecule has 17 heavy (non-hydrogen) atoms. The molecule has 6 heteroatoms. The van der Waals surface area contributed by atoms with Crippen LogP contribution in [0.25, 0.3) is 0 Å². The maximum Gasteiger partial charge on any atom is 0.285 e. The van der Waals surface area contributed by atoms with Crippen LogP contribution in [0.3, 0.4) is 0 Å². The summed E-state index contributed by atoms with van der Waals surface area (Å²) < 4.78 is 27.0. The fraction of sp³-hybridized carbons (Fsp3) is 0.182. The molecule has 1 heterocycles. The van der Waals surface area contributed by atoms with E-state index in [0.29, 0.717) is 18.0 Å². The Morgan fingerprint density at radius 1 is 1.41 bits per heavy atom. The van der Waals surface area contributed by atoms with Crippen molar-refractivity contribution in [3.63, 3.8) is 0 Å². The number of hydrogen-bond acceptors (Lipinski definition) is 4. The van der Waals surface area contributed by atoms with Gasteiger partial charge in [-0.25, -0.2) is 0 Å². The standard InChI is InChI=1S/C11H12N2O2S2/c1-9(7-16)6-13-8-12-17(14,15)11-5-3-2-4-10(11)13/h2-5,8,16H,1,6-7H2. The first-order chi connectivity index (χ1) is 8.04. The zero-order chi connectivity index (χ0) is 12.5. The van der Waals surface area contributed by atoms with Crippen molar-refractivity contribution in [3.05, 3.63) is 36.4 Å². The molecule has 90 valence electrons. The van der Waals surface area contributed by atoms with Crippen molar-refractivity contribution in [1.82, 2.24) is 0 Å². The van der Waals surface area contributed by atoms with Gasteiger partial charge in [0.1, 0.15) is 11.2 Å². The quantitative estimate of drug-likeness (QED) is 0.670. The molecule has 4 nitrogen and oxygen atoms in total. The molecule has 2 rings (SSSR count). The molecule has 0 N–H and O–H groups in total. The van der Waals surface area contributed by atoms with Crippen molar-refractivity contribution < 1.29 is 8.42 Å². The Kier molecular flexibility index (Phi) is 3.26. The number of benzene rings is 1. The number of para-hydroxylation sites is 1. The molecule has 1 aliphatic heterocycles. The zero-order valence-electron chi connectivity index (χ0n) is 9.07. The average molecular weight is 268 g/mol. The number of thiol groups is 1. The molecular formula is C11H12N2O2S2. The molecule has 0 spiro atoms. The van der Waals surface area contributed by atoms with Crippen LogP contribution >= 0.6 is 12.6 Å². The van der Waals surface area contributed by atoms with Crippen LogP contribution in [0.2, 0.25) is 0 Å². The Balaban J connectivity index is 2.44. The molecule has 1 aliphatic rings. The molecule has 0 aliphatic carbocycles. The van der Waals surface area contributed by atoms with Crippen LogP contribution in [-0.2, 0) is 10.0 Å². The summed E-state index contributed by atoms with van der Waals surface area (Å²) in [4.78, 5) is 1.99. The van der Waals surface area contributed by atoms with Crippen molar-refractivity contribution in [2.24, 2.45) is 4.40 Å². The predicted octanol–water partition coefficient (Wildman–Crippen LogP) is 1.71. The van der Waals surface area contributed by atoms with Gasteiger partial charge in [0.05, 0.1) is 5.69 Å². The zero-order valence-corrected chi connectivity index (χ0v) is 10.8. The maximum atomic E-state index is 11.7. The van der Waals surface area contributed by atoms with Crippen LogP contribution in [-0.4, -0.2) is 27.1 Å². The molecule has 0 aromatic heterocycles. The molecule has 0 fully saturated rings. The van der Waals surface area contributed by atoms with E-state index in [1.54, 1.807) is 29.2 Å². The van der Waals surface area contributed by atoms with Gasteiger partial charge in [-0.05, 0) is 17.7 Å². The Bertz CT molecular complexity index is 579. The number of fused-ring (bicyclic) bond motifs is 1. The summed E-state index contributed by atoms with van der Waals surface area (Å²) in [5, 5.41) is 0. The van der Waals surface area contributed by atoms with Gasteiger partial charge >= 0.3 is 0 Å². The van der Waals surface area contributed by atoms with E-state index in [-0.39, 0.29) is 4.90 Å². The molecule has 1 aromatic carbocycles. The highest BCUT2D eigenvalue weighted by Gasteiger charge is 2.24. The fourth-order valence-electron chi connectivity index (χ4n) is 1.57. The topological polar surface area (TPSA) is 49.7 Å². The fourth-order valence-corrected chi connectivity index (χ4v) is 2.72. The number of anilines is 1. The lowest BCUT2D eigenvalue weighted by molar-refractivity contribution is 0.597. The molecule has 1 aromatic rings. The highest BCUT2D eigenvalue weighted by Crippen LogP contribution is 2.29. The molecule has 0 atom stereocenters. The normalized spacial score (nSPS) is 16.6. The van der Waals surface area contributed by atoms with Crippen molar-refractivity contribution >= 4 is 34.7 Å². The average Bonchev–Trinajstić information content (AvgIpc) is 2.33. The van der Waals surface area contributed by atoms with Crippen LogP contribution in [0.5, 0.6) is 0 Å². The highest BCUT2D eigenvalue weighted by atomic mass is 32.2. The molecule has 0 amide bonds. The second kappa shape index (κ2) is 4.54. The first-order valence-electron chi connectivity index (χ1n) is 4.98. The minimum absolute atomic E-state index is 0.231. The first-order valence-corrected chi connectivity index (χ1v) is 7.05. The number of sulfonamides is 1. The monoisotopic (exact) mass is 268 g/mol. The summed E-state index contributed by atoms with van der Waals surface area (Å²) in [5.74, 6) is 0.555. The SMILES string of the molecule is C=C(CS)CN1C=NS(=O)(=O)c2ccccc21. The van der Waals surface area contributed by atoms with E-state index < -0.39 is 10.0 Å². The van der Waals surface area contributed by atoms with E-state index >= 15 is 0 Å². The molecule has 0 bridgehead atoms. The number of rotatable bonds is 3. The summed E-state index contributed by atoms with van der Waals surface area (Å²) in [5.41, 5.74) is 1.53. The third-order valence-electron chi connectivity index (χ3n) is 2.40. The summed E-state index contributed by atoms with van der Waals surface area (Å²) >= 11 is 4.13. The molecular weight excluding hydrogens is 256 g/mol. The molecule has 0 unspecified atom stereocenters. The van der Waals surface area contributed by atoms with E-state index in [1.807, 2.05) is 0 Å². The van der Waals surface area contributed by atoms with E-state index in [9.17, 15) is 8.42 Å². The van der Waals surface area contributed by atoms with Gasteiger partial charge < -0.3 is 4.90 Å². The Morgan fingerprint density at radius 2 is 2.12 bits per heavy atom. The lowest BCUT2D eigenvalue weighted by atomic mass is 10.2. The maximum absolute atomic E-state index is 11.7. The van der Waals surface area contributed by atoms with E-state index in [0.717, 1.165) is 5.57 Å². The van der Waals surface area contributed by atoms with Crippen molar-refractivity contribution in [1.29, 1.82) is 0 Å². The lowest BCUT2D eigenvalue weighted by Gasteiger charge is -2.25. The van der Waals surface area contributed by atoms with Gasteiger partial charge in [-0.1, -0.05) is 18.7 Å². The van der Waals surface area contributed by atoms with Crippen LogP contribution in [0.4, 0.5) is 5.69 Å². The summed E-state index contributed by atoms with van der Waals surface area (Å²) in [6.45, 7) is 4.36. The second-order valence-corrected chi connectivity index (χ2v) is 5.62. The second-order valence-electron chi connectivity index (χ2n) is 3.70. The Labute approximate surface area is 106 Å². The van der Waals surface area contributed by atoms with E-state index in [1.165, 1.54) is 6.34 Å². The minimum atomic E-state index is -3.54. The van der Waals surface area contributed by atoms with E-state index in [2.05, 4.69) is 23.6 Å². The Morgan fingerprint density at radius 3 is 2.82 bits per heavy atom. The highest BCUT2D eigenvalue weighted by molar-refractivity contribution is 7.90. The number of nitrogens with zero attached hydrogens (tertiary/aromatic N) is 2. The van der Waals surface area contributed by atoms with Gasteiger partial charge in [0.2, 0.25) is 0 Å². The van der Waals surface area contributed by atoms with Gasteiger partial charge in [-0.15, -0.1) is 4.40 Å². The van der Waals surface area contributed by atoms with Crippen LogP contribution < -0.4 is 4.90 Å².